The minimum Gasteiger partial charge on any atom is -0.334 e. The zero-order valence-corrected chi connectivity index (χ0v) is 17.7. The molecule has 3 aromatic rings. The Labute approximate surface area is 182 Å². The average molecular weight is 429 g/mol. The number of carbonyl (C=O) groups excluding carboxylic acids is 1. The SMILES string of the molecule is Cl.Cn1cc([C@H]2CNC[C@@H]2C(=O)N(Cc2ccccc2)Cc2ccccc2F)cn1. The van der Waals surface area contributed by atoms with Crippen LogP contribution in [0.3, 0.4) is 0 Å². The van der Waals surface area contributed by atoms with Crippen molar-refractivity contribution in [2.24, 2.45) is 13.0 Å². The lowest BCUT2D eigenvalue weighted by molar-refractivity contribution is -0.136. The zero-order valence-electron chi connectivity index (χ0n) is 16.9. The van der Waals surface area contributed by atoms with Crippen molar-refractivity contribution in [3.63, 3.8) is 0 Å². The quantitative estimate of drug-likeness (QED) is 0.653. The molecule has 4 rings (SSSR count). The largest absolute Gasteiger partial charge is 0.334 e. The number of halogens is 2. The fourth-order valence-electron chi connectivity index (χ4n) is 4.00. The Bertz CT molecular complexity index is 978. The van der Waals surface area contributed by atoms with Gasteiger partial charge in [-0.2, -0.15) is 5.10 Å². The molecule has 0 spiro atoms. The van der Waals surface area contributed by atoms with E-state index in [-0.39, 0.29) is 42.5 Å². The van der Waals surface area contributed by atoms with Crippen LogP contribution in [0, 0.1) is 11.7 Å². The summed E-state index contributed by atoms with van der Waals surface area (Å²) >= 11 is 0. The van der Waals surface area contributed by atoms with Crippen molar-refractivity contribution in [1.82, 2.24) is 20.0 Å². The van der Waals surface area contributed by atoms with E-state index in [4.69, 9.17) is 0 Å². The van der Waals surface area contributed by atoms with Crippen LogP contribution in [0.5, 0.6) is 0 Å². The standard InChI is InChI=1S/C23H25FN4O.ClH/c1-27-15-19(11-26-27)20-12-25-13-21(20)23(29)28(14-17-7-3-2-4-8-17)16-18-9-5-6-10-22(18)24;/h2-11,15,20-21,25H,12-14,16H2,1H3;1H/t20-,21+;/m1./s1. The van der Waals surface area contributed by atoms with Crippen LogP contribution in [-0.2, 0) is 24.9 Å². The van der Waals surface area contributed by atoms with Crippen LogP contribution in [0.2, 0.25) is 0 Å². The predicted molar refractivity (Wildman–Crippen MR) is 117 cm³/mol. The lowest BCUT2D eigenvalue weighted by Gasteiger charge is -2.28. The van der Waals surface area contributed by atoms with Crippen LogP contribution in [-0.4, -0.2) is 33.7 Å². The van der Waals surface area contributed by atoms with Gasteiger partial charge in [0.05, 0.1) is 12.1 Å². The highest BCUT2D eigenvalue weighted by Gasteiger charge is 2.37. The summed E-state index contributed by atoms with van der Waals surface area (Å²) in [4.78, 5) is 15.4. The van der Waals surface area contributed by atoms with E-state index < -0.39 is 0 Å². The molecule has 0 aliphatic carbocycles. The molecule has 0 unspecified atom stereocenters. The highest BCUT2D eigenvalue weighted by atomic mass is 35.5. The van der Waals surface area contributed by atoms with Gasteiger partial charge in [0.1, 0.15) is 5.82 Å². The minimum atomic E-state index is -0.285. The van der Waals surface area contributed by atoms with Gasteiger partial charge >= 0.3 is 0 Å². The fraction of sp³-hybridized carbons (Fsp3) is 0.304. The van der Waals surface area contributed by atoms with Gasteiger partial charge in [-0.1, -0.05) is 48.5 Å². The van der Waals surface area contributed by atoms with Crippen LogP contribution in [0.4, 0.5) is 4.39 Å². The maximum absolute atomic E-state index is 14.3. The van der Waals surface area contributed by atoms with E-state index in [2.05, 4.69) is 10.4 Å². The molecule has 2 atom stereocenters. The number of nitrogens with one attached hydrogen (secondary N) is 1. The third-order valence-corrected chi connectivity index (χ3v) is 5.53. The van der Waals surface area contributed by atoms with Gasteiger partial charge < -0.3 is 10.2 Å². The molecule has 7 heteroatoms. The molecule has 5 nitrogen and oxygen atoms in total. The first-order valence-corrected chi connectivity index (χ1v) is 9.87. The molecular weight excluding hydrogens is 403 g/mol. The van der Waals surface area contributed by atoms with Crippen molar-refractivity contribution in [2.45, 2.75) is 19.0 Å². The Balaban J connectivity index is 0.00000256. The Morgan fingerprint density at radius 1 is 1.13 bits per heavy atom. The number of benzene rings is 2. The average Bonchev–Trinajstić information content (AvgIpc) is 3.38. The molecule has 1 saturated heterocycles. The van der Waals surface area contributed by atoms with Gasteiger partial charge in [0.2, 0.25) is 5.91 Å². The molecule has 2 aromatic carbocycles. The predicted octanol–water partition coefficient (Wildman–Crippen LogP) is 3.51. The van der Waals surface area contributed by atoms with Crippen LogP contribution in [0.15, 0.2) is 67.0 Å². The topological polar surface area (TPSA) is 50.2 Å². The normalized spacial score (nSPS) is 18.1. The summed E-state index contributed by atoms with van der Waals surface area (Å²) in [7, 11) is 1.88. The van der Waals surface area contributed by atoms with Crippen molar-refractivity contribution in [2.75, 3.05) is 13.1 Å². The molecule has 1 fully saturated rings. The van der Waals surface area contributed by atoms with Crippen LogP contribution in [0.1, 0.15) is 22.6 Å². The van der Waals surface area contributed by atoms with E-state index in [1.54, 1.807) is 27.8 Å². The molecule has 1 aliphatic rings. The Morgan fingerprint density at radius 2 is 1.87 bits per heavy atom. The Kier molecular flexibility index (Phi) is 7.24. The molecule has 2 heterocycles. The van der Waals surface area contributed by atoms with E-state index in [9.17, 15) is 9.18 Å². The molecular formula is C23H26ClFN4O. The highest BCUT2D eigenvalue weighted by Crippen LogP contribution is 2.30. The smallest absolute Gasteiger partial charge is 0.228 e. The number of nitrogens with zero attached hydrogens (tertiary/aromatic N) is 3. The third kappa shape index (κ3) is 4.89. The summed E-state index contributed by atoms with van der Waals surface area (Å²) < 4.78 is 16.1. The number of aryl methyl sites for hydroxylation is 1. The number of amides is 1. The molecule has 1 aliphatic heterocycles. The third-order valence-electron chi connectivity index (χ3n) is 5.53. The van der Waals surface area contributed by atoms with Crippen molar-refractivity contribution in [3.8, 4) is 0 Å². The number of aromatic nitrogens is 2. The molecule has 30 heavy (non-hydrogen) atoms. The van der Waals surface area contributed by atoms with Crippen LogP contribution in [0.25, 0.3) is 0 Å². The summed E-state index contributed by atoms with van der Waals surface area (Å²) in [6.07, 6.45) is 3.80. The highest BCUT2D eigenvalue weighted by molar-refractivity contribution is 5.85. The molecule has 0 bridgehead atoms. The van der Waals surface area contributed by atoms with Gasteiger partial charge in [-0.05, 0) is 17.2 Å². The maximum Gasteiger partial charge on any atom is 0.228 e. The second-order valence-electron chi connectivity index (χ2n) is 7.59. The first kappa shape index (κ1) is 22.0. The van der Waals surface area contributed by atoms with E-state index in [0.717, 1.165) is 17.7 Å². The summed E-state index contributed by atoms with van der Waals surface area (Å²) in [5.41, 5.74) is 2.61. The zero-order chi connectivity index (χ0) is 20.2. The molecule has 0 radical (unpaired) electrons. The summed E-state index contributed by atoms with van der Waals surface area (Å²) in [5.74, 6) is -0.382. The Hall–Kier alpha value is -2.70. The first-order chi connectivity index (χ1) is 14.1. The van der Waals surface area contributed by atoms with E-state index in [1.807, 2.05) is 49.8 Å². The molecule has 1 aromatic heterocycles. The second-order valence-corrected chi connectivity index (χ2v) is 7.59. The van der Waals surface area contributed by atoms with Gasteiger partial charge in [-0.25, -0.2) is 4.39 Å². The monoisotopic (exact) mass is 428 g/mol. The summed E-state index contributed by atoms with van der Waals surface area (Å²) in [6, 6.07) is 16.5. The number of rotatable bonds is 6. The van der Waals surface area contributed by atoms with Crippen molar-refractivity contribution < 1.29 is 9.18 Å². The van der Waals surface area contributed by atoms with Gasteiger partial charge in [-0.15, -0.1) is 12.4 Å². The van der Waals surface area contributed by atoms with Crippen LogP contribution >= 0.6 is 12.4 Å². The van der Waals surface area contributed by atoms with E-state index in [0.29, 0.717) is 18.7 Å². The molecule has 1 amide bonds. The van der Waals surface area contributed by atoms with Crippen molar-refractivity contribution in [3.05, 3.63) is 89.5 Å². The van der Waals surface area contributed by atoms with E-state index in [1.165, 1.54) is 6.07 Å². The fourth-order valence-corrected chi connectivity index (χ4v) is 4.00. The van der Waals surface area contributed by atoms with Gasteiger partial charge in [0, 0.05) is 50.9 Å². The van der Waals surface area contributed by atoms with Gasteiger partial charge in [0.25, 0.3) is 0 Å². The lowest BCUT2D eigenvalue weighted by atomic mass is 9.89. The van der Waals surface area contributed by atoms with Gasteiger partial charge in [-0.3, -0.25) is 9.48 Å². The van der Waals surface area contributed by atoms with E-state index >= 15 is 0 Å². The maximum atomic E-state index is 14.3. The first-order valence-electron chi connectivity index (χ1n) is 9.87. The summed E-state index contributed by atoms with van der Waals surface area (Å²) in [5, 5.41) is 7.61. The second kappa shape index (κ2) is 9.87. The number of hydrogen-bond acceptors (Lipinski definition) is 3. The van der Waals surface area contributed by atoms with Crippen LogP contribution < -0.4 is 5.32 Å². The van der Waals surface area contributed by atoms with Gasteiger partial charge in [0.15, 0.2) is 0 Å². The molecule has 1 N–H and O–H groups in total. The van der Waals surface area contributed by atoms with Crippen molar-refractivity contribution in [1.29, 1.82) is 0 Å². The Morgan fingerprint density at radius 3 is 2.57 bits per heavy atom. The molecule has 158 valence electrons. The number of carbonyl (C=O) groups is 1. The lowest BCUT2D eigenvalue weighted by Crippen LogP contribution is -2.38. The van der Waals surface area contributed by atoms with Crippen molar-refractivity contribution >= 4 is 18.3 Å². The minimum absolute atomic E-state index is 0. The number of hydrogen-bond donors (Lipinski definition) is 1. The molecule has 0 saturated carbocycles. The summed E-state index contributed by atoms with van der Waals surface area (Å²) in [6.45, 7) is 2.04.